The maximum Gasteiger partial charge on any atom is 0.342 e. The van der Waals surface area contributed by atoms with Crippen molar-refractivity contribution in [3.8, 4) is 17.0 Å². The van der Waals surface area contributed by atoms with Crippen LogP contribution in [-0.2, 0) is 16.1 Å². The van der Waals surface area contributed by atoms with E-state index in [1.165, 1.54) is 11.3 Å². The molecule has 0 saturated heterocycles. The summed E-state index contributed by atoms with van der Waals surface area (Å²) in [5, 5.41) is 5.49. The van der Waals surface area contributed by atoms with Crippen LogP contribution in [0.1, 0.15) is 15.9 Å². The van der Waals surface area contributed by atoms with E-state index >= 15 is 0 Å². The molecule has 0 atom stereocenters. The van der Waals surface area contributed by atoms with Gasteiger partial charge < -0.3 is 9.47 Å². The minimum absolute atomic E-state index is 0.189. The van der Waals surface area contributed by atoms with E-state index in [2.05, 4.69) is 26.2 Å². The van der Waals surface area contributed by atoms with Gasteiger partial charge in [0.15, 0.2) is 11.7 Å². The summed E-state index contributed by atoms with van der Waals surface area (Å²) in [6.45, 7) is -0.266. The average molecular weight is 558 g/mol. The van der Waals surface area contributed by atoms with Crippen molar-refractivity contribution in [2.45, 2.75) is 6.61 Å². The zero-order chi connectivity index (χ0) is 23.9. The van der Waals surface area contributed by atoms with Crippen LogP contribution in [0.5, 0.6) is 5.75 Å². The molecule has 0 fully saturated rings. The highest BCUT2D eigenvalue weighted by molar-refractivity contribution is 9.10. The van der Waals surface area contributed by atoms with Gasteiger partial charge in [-0.2, -0.15) is 0 Å². The lowest BCUT2D eigenvalue weighted by molar-refractivity contribution is -0.119. The molecule has 0 spiro atoms. The molecule has 34 heavy (non-hydrogen) atoms. The standard InChI is InChI=1S/C25H18BrClN2O4S/c26-18-8-5-7-16(12-18)21-15-34-25(28-21)29-23(30)14-33-24(31)19-9-2-4-11-22(19)32-13-17-6-1-3-10-20(17)27/h1-12,15H,13-14H2,(H,28,29,30). The van der Waals surface area contributed by atoms with Gasteiger partial charge in [-0.05, 0) is 30.3 Å². The van der Waals surface area contributed by atoms with Crippen molar-refractivity contribution in [3.63, 3.8) is 0 Å². The number of hydrogen-bond acceptors (Lipinski definition) is 6. The number of carbonyl (C=O) groups is 2. The van der Waals surface area contributed by atoms with Crippen molar-refractivity contribution in [1.82, 2.24) is 4.98 Å². The predicted molar refractivity (Wildman–Crippen MR) is 136 cm³/mol. The number of thiazole rings is 1. The number of amides is 1. The zero-order valence-electron chi connectivity index (χ0n) is 17.7. The van der Waals surface area contributed by atoms with Crippen molar-refractivity contribution in [1.29, 1.82) is 0 Å². The summed E-state index contributed by atoms with van der Waals surface area (Å²) in [5.41, 5.74) is 2.67. The quantitative estimate of drug-likeness (QED) is 0.247. The molecule has 0 unspecified atom stereocenters. The Balaban J connectivity index is 1.33. The first-order chi connectivity index (χ1) is 16.5. The SMILES string of the molecule is O=C(COC(=O)c1ccccc1OCc1ccccc1Cl)Nc1nc(-c2cccc(Br)c2)cs1. The van der Waals surface area contributed by atoms with E-state index in [0.29, 0.717) is 15.9 Å². The fraction of sp³-hybridized carbons (Fsp3) is 0.0800. The fourth-order valence-electron chi connectivity index (χ4n) is 3.01. The number of halogens is 2. The molecule has 172 valence electrons. The van der Waals surface area contributed by atoms with E-state index in [0.717, 1.165) is 21.3 Å². The average Bonchev–Trinajstić information content (AvgIpc) is 3.31. The Morgan fingerprint density at radius 2 is 1.82 bits per heavy atom. The van der Waals surface area contributed by atoms with Gasteiger partial charge in [-0.3, -0.25) is 10.1 Å². The molecule has 0 aliphatic heterocycles. The highest BCUT2D eigenvalue weighted by atomic mass is 79.9. The minimum Gasteiger partial charge on any atom is -0.488 e. The zero-order valence-corrected chi connectivity index (χ0v) is 20.8. The predicted octanol–water partition coefficient (Wildman–Crippen LogP) is 6.60. The number of carbonyl (C=O) groups excluding carboxylic acids is 2. The molecule has 3 aromatic carbocycles. The largest absolute Gasteiger partial charge is 0.488 e. The van der Waals surface area contributed by atoms with E-state index in [9.17, 15) is 9.59 Å². The van der Waals surface area contributed by atoms with Crippen molar-refractivity contribution in [3.05, 3.63) is 98.8 Å². The van der Waals surface area contributed by atoms with Crippen LogP contribution < -0.4 is 10.1 Å². The number of benzene rings is 3. The molecule has 1 N–H and O–H groups in total. The lowest BCUT2D eigenvalue weighted by Gasteiger charge is -2.12. The number of esters is 1. The molecule has 0 aliphatic carbocycles. The fourth-order valence-corrected chi connectivity index (χ4v) is 4.33. The van der Waals surface area contributed by atoms with E-state index in [1.54, 1.807) is 30.3 Å². The number of anilines is 1. The van der Waals surface area contributed by atoms with E-state index in [-0.39, 0.29) is 12.2 Å². The Labute approximate surface area is 213 Å². The first-order valence-electron chi connectivity index (χ1n) is 10.1. The monoisotopic (exact) mass is 556 g/mol. The maximum absolute atomic E-state index is 12.6. The van der Waals surface area contributed by atoms with Crippen LogP contribution in [0, 0.1) is 0 Å². The molecule has 0 radical (unpaired) electrons. The van der Waals surface area contributed by atoms with Crippen molar-refractivity contribution in [2.24, 2.45) is 0 Å². The van der Waals surface area contributed by atoms with Crippen molar-refractivity contribution < 1.29 is 19.1 Å². The summed E-state index contributed by atoms with van der Waals surface area (Å²) in [5.74, 6) is -0.816. The van der Waals surface area contributed by atoms with E-state index < -0.39 is 18.5 Å². The van der Waals surface area contributed by atoms with Gasteiger partial charge >= 0.3 is 5.97 Å². The topological polar surface area (TPSA) is 77.5 Å². The second kappa shape index (κ2) is 11.3. The second-order valence-electron chi connectivity index (χ2n) is 7.05. The summed E-state index contributed by atoms with van der Waals surface area (Å²) < 4.78 is 11.9. The van der Waals surface area contributed by atoms with Crippen LogP contribution in [-0.4, -0.2) is 23.5 Å². The summed E-state index contributed by atoms with van der Waals surface area (Å²) in [6, 6.07) is 21.7. The van der Waals surface area contributed by atoms with Crippen LogP contribution in [0.15, 0.2) is 82.6 Å². The molecule has 0 bridgehead atoms. The van der Waals surface area contributed by atoms with Crippen LogP contribution in [0.3, 0.4) is 0 Å². The first-order valence-corrected chi connectivity index (χ1v) is 12.2. The Bertz CT molecular complexity index is 1330. The van der Waals surface area contributed by atoms with Crippen LogP contribution in [0.25, 0.3) is 11.3 Å². The molecule has 4 rings (SSSR count). The summed E-state index contributed by atoms with van der Waals surface area (Å²) in [4.78, 5) is 29.3. The van der Waals surface area contributed by atoms with Crippen LogP contribution >= 0.6 is 38.9 Å². The van der Waals surface area contributed by atoms with Crippen molar-refractivity contribution in [2.75, 3.05) is 11.9 Å². The van der Waals surface area contributed by atoms with E-state index in [4.69, 9.17) is 21.1 Å². The molecule has 1 aromatic heterocycles. The second-order valence-corrected chi connectivity index (χ2v) is 9.23. The van der Waals surface area contributed by atoms with Crippen LogP contribution in [0.2, 0.25) is 5.02 Å². The Hall–Kier alpha value is -3.20. The third kappa shape index (κ3) is 6.22. The normalized spacial score (nSPS) is 10.5. The van der Waals surface area contributed by atoms with Gasteiger partial charge in [-0.15, -0.1) is 11.3 Å². The number of ether oxygens (including phenoxy) is 2. The smallest absolute Gasteiger partial charge is 0.342 e. The molecule has 1 heterocycles. The molecule has 0 aliphatic rings. The van der Waals surface area contributed by atoms with Gasteiger partial charge in [0.1, 0.15) is 17.9 Å². The maximum atomic E-state index is 12.6. The van der Waals surface area contributed by atoms with Gasteiger partial charge in [0.25, 0.3) is 5.91 Å². The third-order valence-electron chi connectivity index (χ3n) is 4.65. The summed E-state index contributed by atoms with van der Waals surface area (Å²) in [7, 11) is 0. The minimum atomic E-state index is -0.668. The lowest BCUT2D eigenvalue weighted by Crippen LogP contribution is -2.21. The molecular weight excluding hydrogens is 540 g/mol. The summed E-state index contributed by atoms with van der Waals surface area (Å²) >= 11 is 10.9. The third-order valence-corrected chi connectivity index (χ3v) is 6.27. The lowest BCUT2D eigenvalue weighted by atomic mass is 10.2. The molecule has 4 aromatic rings. The van der Waals surface area contributed by atoms with Gasteiger partial charge in [0.2, 0.25) is 0 Å². The molecule has 9 heteroatoms. The van der Waals surface area contributed by atoms with Gasteiger partial charge in [-0.25, -0.2) is 9.78 Å². The highest BCUT2D eigenvalue weighted by Crippen LogP contribution is 2.27. The van der Waals surface area contributed by atoms with Crippen molar-refractivity contribution >= 4 is 55.9 Å². The molecule has 1 amide bonds. The number of nitrogens with zero attached hydrogens (tertiary/aromatic N) is 1. The Morgan fingerprint density at radius 3 is 2.65 bits per heavy atom. The van der Waals surface area contributed by atoms with Gasteiger partial charge in [-0.1, -0.05) is 70.0 Å². The molecule has 6 nitrogen and oxygen atoms in total. The number of nitrogens with one attached hydrogen (secondary N) is 1. The van der Waals surface area contributed by atoms with Gasteiger partial charge in [0, 0.05) is 26.0 Å². The molecule has 0 saturated carbocycles. The summed E-state index contributed by atoms with van der Waals surface area (Å²) in [6.07, 6.45) is 0. The number of rotatable bonds is 8. The number of aromatic nitrogens is 1. The van der Waals surface area contributed by atoms with Crippen LogP contribution in [0.4, 0.5) is 5.13 Å². The van der Waals surface area contributed by atoms with E-state index in [1.807, 2.05) is 47.8 Å². The number of para-hydroxylation sites is 1. The number of hydrogen-bond donors (Lipinski definition) is 1. The first kappa shape index (κ1) is 23.9. The van der Waals surface area contributed by atoms with Gasteiger partial charge in [0.05, 0.1) is 5.69 Å². The Morgan fingerprint density at radius 1 is 1.03 bits per heavy atom. The Kier molecular flexibility index (Phi) is 7.95. The molecular formula is C25H18BrClN2O4S. The highest BCUT2D eigenvalue weighted by Gasteiger charge is 2.16.